The number of hydrogen-bond donors (Lipinski definition) is 0. The van der Waals surface area contributed by atoms with Gasteiger partial charge in [-0.3, -0.25) is 0 Å². The summed E-state index contributed by atoms with van der Waals surface area (Å²) in [6.07, 6.45) is 1.95. The second-order valence-corrected chi connectivity index (χ2v) is 5.37. The van der Waals surface area contributed by atoms with Crippen molar-refractivity contribution >= 4 is 5.97 Å². The lowest BCUT2D eigenvalue weighted by Crippen LogP contribution is -2.16. The third-order valence-electron chi connectivity index (χ3n) is 3.04. The third kappa shape index (κ3) is 6.67. The summed E-state index contributed by atoms with van der Waals surface area (Å²) in [5.41, 5.74) is 0.427. The Kier molecular flexibility index (Phi) is 7.00. The van der Waals surface area contributed by atoms with Gasteiger partial charge in [-0.1, -0.05) is 17.2 Å². The van der Waals surface area contributed by atoms with E-state index < -0.39 is 23.4 Å². The summed E-state index contributed by atoms with van der Waals surface area (Å²) in [5.74, 6) is -1.08. The fraction of sp³-hybridized carbons (Fsp3) is 0.412. The smallest absolute Gasteiger partial charge is 0.418 e. The van der Waals surface area contributed by atoms with E-state index in [2.05, 4.69) is 11.1 Å². The van der Waals surface area contributed by atoms with Crippen molar-refractivity contribution in [2.24, 2.45) is 0 Å². The highest BCUT2D eigenvalue weighted by atomic mass is 19.4. The predicted octanol–water partition coefficient (Wildman–Crippen LogP) is 4.95. The highest BCUT2D eigenvalue weighted by Crippen LogP contribution is 2.31. The number of rotatable bonds is 6. The van der Waals surface area contributed by atoms with Crippen LogP contribution in [0.2, 0.25) is 0 Å². The van der Waals surface area contributed by atoms with Gasteiger partial charge in [0.05, 0.1) is 5.56 Å². The summed E-state index contributed by atoms with van der Waals surface area (Å²) in [5, 5.41) is 0. The molecule has 1 heterocycles. The van der Waals surface area contributed by atoms with E-state index in [9.17, 15) is 18.0 Å². The number of nitrogens with zero attached hydrogens (tertiary/aromatic N) is 1. The molecule has 0 atom stereocenters. The van der Waals surface area contributed by atoms with Gasteiger partial charge in [-0.15, -0.1) is 0 Å². The first-order chi connectivity index (χ1) is 10.7. The Bertz CT molecular complexity index is 600. The molecule has 0 amide bonds. The molecule has 0 N–H and O–H groups in total. The van der Waals surface area contributed by atoms with Crippen LogP contribution in [0, 0.1) is 0 Å². The Morgan fingerprint density at radius 1 is 1.26 bits per heavy atom. The summed E-state index contributed by atoms with van der Waals surface area (Å²) in [6, 6.07) is 1.94. The molecule has 3 nitrogen and oxygen atoms in total. The fourth-order valence-electron chi connectivity index (χ4n) is 1.82. The number of pyridine rings is 1. The molecule has 0 spiro atoms. The molecule has 6 heteroatoms. The molecule has 0 aliphatic carbocycles. The maximum atomic E-state index is 12.8. The maximum absolute atomic E-state index is 12.8. The highest BCUT2D eigenvalue weighted by Gasteiger charge is 2.36. The Labute approximate surface area is 133 Å². The van der Waals surface area contributed by atoms with Crippen LogP contribution in [-0.4, -0.2) is 17.6 Å². The quantitative estimate of drug-likeness (QED) is 0.548. The molecule has 0 fully saturated rings. The van der Waals surface area contributed by atoms with Gasteiger partial charge in [0.1, 0.15) is 6.61 Å². The zero-order chi connectivity index (χ0) is 17.5. The standard InChI is InChI=1S/C17H20F3NO2/c1-12(2)6-4-7-13(3)9-11-23-16(22)15-14(17(18,19)20)8-5-10-21-15/h5-6,8-10H,4,7,11H2,1-3H3/b13-9+. The van der Waals surface area contributed by atoms with E-state index in [0.29, 0.717) is 0 Å². The van der Waals surface area contributed by atoms with Gasteiger partial charge in [0.25, 0.3) is 0 Å². The van der Waals surface area contributed by atoms with E-state index in [1.54, 1.807) is 6.08 Å². The van der Waals surface area contributed by atoms with Crippen molar-refractivity contribution in [3.8, 4) is 0 Å². The first kappa shape index (κ1) is 18.9. The summed E-state index contributed by atoms with van der Waals surface area (Å²) < 4.78 is 43.3. The number of alkyl halides is 3. The minimum atomic E-state index is -4.64. The van der Waals surface area contributed by atoms with E-state index in [1.807, 2.05) is 20.8 Å². The molecule has 1 aromatic rings. The number of carbonyl (C=O) groups is 1. The number of allylic oxidation sites excluding steroid dienone is 3. The minimum absolute atomic E-state index is 0.0760. The van der Waals surface area contributed by atoms with Crippen LogP contribution >= 0.6 is 0 Å². The van der Waals surface area contributed by atoms with Crippen molar-refractivity contribution in [1.29, 1.82) is 0 Å². The van der Waals surface area contributed by atoms with Crippen molar-refractivity contribution in [3.63, 3.8) is 0 Å². The number of hydrogen-bond acceptors (Lipinski definition) is 3. The van der Waals surface area contributed by atoms with Crippen LogP contribution in [0.3, 0.4) is 0 Å². The van der Waals surface area contributed by atoms with Gasteiger partial charge >= 0.3 is 12.1 Å². The Morgan fingerprint density at radius 2 is 1.96 bits per heavy atom. The van der Waals surface area contributed by atoms with E-state index in [1.165, 1.54) is 5.57 Å². The second-order valence-electron chi connectivity index (χ2n) is 5.37. The zero-order valence-corrected chi connectivity index (χ0v) is 13.4. The monoisotopic (exact) mass is 327 g/mol. The van der Waals surface area contributed by atoms with E-state index >= 15 is 0 Å². The number of carbonyl (C=O) groups excluding carboxylic acids is 1. The lowest BCUT2D eigenvalue weighted by molar-refractivity contribution is -0.138. The SMILES string of the molecule is CC(C)=CCC/C(C)=C/COC(=O)c1ncccc1C(F)(F)F. The molecule has 0 unspecified atom stereocenters. The lowest BCUT2D eigenvalue weighted by atomic mass is 10.1. The van der Waals surface area contributed by atoms with Crippen LogP contribution in [0.15, 0.2) is 41.6 Å². The van der Waals surface area contributed by atoms with Crippen LogP contribution in [-0.2, 0) is 10.9 Å². The summed E-state index contributed by atoms with van der Waals surface area (Å²) in [7, 11) is 0. The van der Waals surface area contributed by atoms with E-state index in [0.717, 1.165) is 36.7 Å². The lowest BCUT2D eigenvalue weighted by Gasteiger charge is -2.10. The van der Waals surface area contributed by atoms with Crippen molar-refractivity contribution in [1.82, 2.24) is 4.98 Å². The first-order valence-electron chi connectivity index (χ1n) is 7.20. The van der Waals surface area contributed by atoms with E-state index in [-0.39, 0.29) is 6.61 Å². The molecule has 23 heavy (non-hydrogen) atoms. The van der Waals surface area contributed by atoms with Gasteiger partial charge < -0.3 is 4.74 Å². The van der Waals surface area contributed by atoms with Crippen molar-refractivity contribution in [2.75, 3.05) is 6.61 Å². The molecule has 0 radical (unpaired) electrons. The topological polar surface area (TPSA) is 39.2 Å². The van der Waals surface area contributed by atoms with Crippen molar-refractivity contribution in [3.05, 3.63) is 52.9 Å². The van der Waals surface area contributed by atoms with Gasteiger partial charge in [-0.2, -0.15) is 13.2 Å². The molecular formula is C17H20F3NO2. The Balaban J connectivity index is 2.63. The molecule has 0 aromatic carbocycles. The normalized spacial score (nSPS) is 12.0. The summed E-state index contributed by atoms with van der Waals surface area (Å²) in [4.78, 5) is 15.3. The molecule has 0 aliphatic heterocycles. The Morgan fingerprint density at radius 3 is 2.57 bits per heavy atom. The largest absolute Gasteiger partial charge is 0.457 e. The van der Waals surface area contributed by atoms with Crippen molar-refractivity contribution in [2.45, 2.75) is 39.8 Å². The first-order valence-corrected chi connectivity index (χ1v) is 7.20. The number of esters is 1. The summed E-state index contributed by atoms with van der Waals surface area (Å²) in [6.45, 7) is 5.82. The number of ether oxygens (including phenoxy) is 1. The molecule has 1 rings (SSSR count). The molecule has 0 saturated carbocycles. The molecule has 0 saturated heterocycles. The molecular weight excluding hydrogens is 307 g/mol. The van der Waals surface area contributed by atoms with Crippen molar-refractivity contribution < 1.29 is 22.7 Å². The molecule has 0 bridgehead atoms. The minimum Gasteiger partial charge on any atom is -0.457 e. The van der Waals surface area contributed by atoms with Gasteiger partial charge in [0.15, 0.2) is 5.69 Å². The second kappa shape index (κ2) is 8.50. The maximum Gasteiger partial charge on any atom is 0.418 e. The average Bonchev–Trinajstić information content (AvgIpc) is 2.46. The zero-order valence-electron chi connectivity index (χ0n) is 13.4. The third-order valence-corrected chi connectivity index (χ3v) is 3.04. The van der Waals surface area contributed by atoms with Crippen LogP contribution in [0.4, 0.5) is 13.2 Å². The van der Waals surface area contributed by atoms with E-state index in [4.69, 9.17) is 4.74 Å². The molecule has 0 aliphatic rings. The van der Waals surface area contributed by atoms with Gasteiger partial charge in [-0.05, 0) is 51.8 Å². The van der Waals surface area contributed by atoms with Crippen LogP contribution < -0.4 is 0 Å². The molecule has 126 valence electrons. The summed E-state index contributed by atoms with van der Waals surface area (Å²) >= 11 is 0. The predicted molar refractivity (Wildman–Crippen MR) is 81.9 cm³/mol. The number of halogens is 3. The van der Waals surface area contributed by atoms with Crippen LogP contribution in [0.25, 0.3) is 0 Å². The highest BCUT2D eigenvalue weighted by molar-refractivity contribution is 5.89. The van der Waals surface area contributed by atoms with Gasteiger partial charge in [-0.25, -0.2) is 9.78 Å². The van der Waals surface area contributed by atoms with Crippen LogP contribution in [0.5, 0.6) is 0 Å². The van der Waals surface area contributed by atoms with Gasteiger partial charge in [0, 0.05) is 6.20 Å². The van der Waals surface area contributed by atoms with Gasteiger partial charge in [0.2, 0.25) is 0 Å². The molecule has 1 aromatic heterocycles. The fourth-order valence-corrected chi connectivity index (χ4v) is 1.82. The van der Waals surface area contributed by atoms with Crippen LogP contribution in [0.1, 0.15) is 49.7 Å². The average molecular weight is 327 g/mol. The Hall–Kier alpha value is -2.11. The number of aromatic nitrogens is 1.